The van der Waals surface area contributed by atoms with E-state index in [0.717, 1.165) is 48.7 Å². The zero-order valence-electron chi connectivity index (χ0n) is 18.3. The molecule has 2 N–H and O–H groups in total. The number of guanidine groups is 1. The van der Waals surface area contributed by atoms with Gasteiger partial charge in [-0.25, -0.2) is 4.39 Å². The van der Waals surface area contributed by atoms with Crippen LogP contribution in [0.3, 0.4) is 0 Å². The third-order valence-electron chi connectivity index (χ3n) is 6.26. The molecular weight excluding hydrogens is 391 g/mol. The molecule has 1 fully saturated rings. The van der Waals surface area contributed by atoms with Gasteiger partial charge in [0.05, 0.1) is 5.69 Å². The number of likely N-dealkylation sites (tertiary alicyclic amines) is 1. The Hall–Kier alpha value is -3.15. The van der Waals surface area contributed by atoms with Crippen molar-refractivity contribution in [1.82, 2.24) is 10.1 Å². The topological polar surface area (TPSA) is 67.7 Å². The minimum Gasteiger partial charge on any atom is -0.369 e. The second-order valence-corrected chi connectivity index (χ2v) is 8.87. The highest BCUT2D eigenvalue weighted by Gasteiger charge is 2.28. The number of piperidine rings is 1. The van der Waals surface area contributed by atoms with Gasteiger partial charge in [-0.1, -0.05) is 68.4 Å². The van der Waals surface area contributed by atoms with Crippen LogP contribution >= 0.6 is 0 Å². The van der Waals surface area contributed by atoms with Crippen LogP contribution in [0.2, 0.25) is 0 Å². The van der Waals surface area contributed by atoms with Crippen LogP contribution in [0.1, 0.15) is 44.9 Å². The van der Waals surface area contributed by atoms with Crippen LogP contribution < -0.4 is 5.73 Å². The maximum Gasteiger partial charge on any atom is 0.253 e. The summed E-state index contributed by atoms with van der Waals surface area (Å²) in [5, 5.41) is 4.25. The lowest BCUT2D eigenvalue weighted by molar-refractivity contribution is 0.278. The van der Waals surface area contributed by atoms with E-state index < -0.39 is 5.41 Å². The minimum absolute atomic E-state index is 0.228. The quantitative estimate of drug-likeness (QED) is 0.448. The van der Waals surface area contributed by atoms with Crippen molar-refractivity contribution in [3.63, 3.8) is 0 Å². The fourth-order valence-electron chi connectivity index (χ4n) is 3.94. The molecule has 3 aromatic rings. The molecule has 31 heavy (non-hydrogen) atoms. The molecule has 0 amide bonds. The van der Waals surface area contributed by atoms with Crippen molar-refractivity contribution in [1.29, 1.82) is 0 Å². The van der Waals surface area contributed by atoms with Crippen molar-refractivity contribution in [2.75, 3.05) is 13.1 Å². The molecule has 6 heteroatoms. The molecule has 0 atom stereocenters. The van der Waals surface area contributed by atoms with Gasteiger partial charge in [0.15, 0.2) is 5.96 Å². The molecular formula is C25H29FN4O. The molecule has 1 aromatic heterocycles. The van der Waals surface area contributed by atoms with E-state index in [1.54, 1.807) is 12.1 Å². The maximum absolute atomic E-state index is 14.1. The number of nitrogens with zero attached hydrogens (tertiary/aromatic N) is 3. The molecule has 0 aliphatic carbocycles. The average molecular weight is 421 g/mol. The van der Waals surface area contributed by atoms with Crippen molar-refractivity contribution < 1.29 is 8.91 Å². The standard InChI is InChI=1S/C25H29FN4O/c1-17-12-14-30(15-13-17)24(27)28-23-16-22(29-31-23)25(2,3)19-10-8-18(9-11-19)20-6-4-5-7-21(20)26/h4-11,16-17H,12-15H2,1-3H3,(H2,27,28). The van der Waals surface area contributed by atoms with Gasteiger partial charge in [0.25, 0.3) is 5.88 Å². The molecule has 1 aliphatic rings. The average Bonchev–Trinajstić information content (AvgIpc) is 3.24. The lowest BCUT2D eigenvalue weighted by Gasteiger charge is -2.30. The van der Waals surface area contributed by atoms with Gasteiger partial charge in [0.1, 0.15) is 5.82 Å². The highest BCUT2D eigenvalue weighted by molar-refractivity contribution is 5.80. The van der Waals surface area contributed by atoms with E-state index in [9.17, 15) is 4.39 Å². The second kappa shape index (κ2) is 8.53. The molecule has 1 aliphatic heterocycles. The van der Waals surface area contributed by atoms with Crippen LogP contribution in [0.4, 0.5) is 10.3 Å². The van der Waals surface area contributed by atoms with Crippen LogP contribution in [-0.4, -0.2) is 29.1 Å². The first kappa shape index (κ1) is 21.1. The van der Waals surface area contributed by atoms with E-state index in [0.29, 0.717) is 17.4 Å². The van der Waals surface area contributed by atoms with E-state index in [1.807, 2.05) is 36.4 Å². The van der Waals surface area contributed by atoms with Gasteiger partial charge in [-0.15, -0.1) is 0 Å². The van der Waals surface area contributed by atoms with E-state index in [2.05, 4.69) is 35.8 Å². The first-order valence-corrected chi connectivity index (χ1v) is 10.8. The summed E-state index contributed by atoms with van der Waals surface area (Å²) in [6, 6.07) is 16.5. The fraction of sp³-hybridized carbons (Fsp3) is 0.360. The summed E-state index contributed by atoms with van der Waals surface area (Å²) in [5.74, 6) is 1.38. The van der Waals surface area contributed by atoms with Crippen molar-refractivity contribution in [3.8, 4) is 11.1 Å². The monoisotopic (exact) mass is 420 g/mol. The smallest absolute Gasteiger partial charge is 0.253 e. The van der Waals surface area contributed by atoms with Gasteiger partial charge in [-0.05, 0) is 36.0 Å². The summed E-state index contributed by atoms with van der Waals surface area (Å²) >= 11 is 0. The summed E-state index contributed by atoms with van der Waals surface area (Å²) in [7, 11) is 0. The molecule has 1 saturated heterocycles. The highest BCUT2D eigenvalue weighted by atomic mass is 19.1. The molecule has 0 spiro atoms. The summed E-state index contributed by atoms with van der Waals surface area (Å²) in [4.78, 5) is 6.54. The normalized spacial score (nSPS) is 16.0. The van der Waals surface area contributed by atoms with Crippen molar-refractivity contribution in [2.45, 2.75) is 39.0 Å². The molecule has 2 aromatic carbocycles. The number of aliphatic imine (C=N–C) groups is 1. The molecule has 162 valence electrons. The van der Waals surface area contributed by atoms with Crippen molar-refractivity contribution in [3.05, 3.63) is 71.7 Å². The number of halogens is 1. The minimum atomic E-state index is -0.402. The first-order chi connectivity index (χ1) is 14.8. The number of hydrogen-bond acceptors (Lipinski definition) is 3. The van der Waals surface area contributed by atoms with Gasteiger partial charge >= 0.3 is 0 Å². The molecule has 0 saturated carbocycles. The zero-order valence-corrected chi connectivity index (χ0v) is 18.3. The predicted molar refractivity (Wildman–Crippen MR) is 122 cm³/mol. The Morgan fingerprint density at radius 1 is 1.13 bits per heavy atom. The summed E-state index contributed by atoms with van der Waals surface area (Å²) in [5.41, 5.74) is 9.04. The van der Waals surface area contributed by atoms with Crippen LogP contribution in [0, 0.1) is 11.7 Å². The zero-order chi connectivity index (χ0) is 22.0. The van der Waals surface area contributed by atoms with E-state index >= 15 is 0 Å². The molecule has 4 rings (SSSR count). The van der Waals surface area contributed by atoms with E-state index in [1.165, 1.54) is 6.07 Å². The lowest BCUT2D eigenvalue weighted by Crippen LogP contribution is -2.42. The highest BCUT2D eigenvalue weighted by Crippen LogP contribution is 2.34. The number of benzene rings is 2. The van der Waals surface area contributed by atoms with Crippen molar-refractivity contribution in [2.24, 2.45) is 16.6 Å². The predicted octanol–water partition coefficient (Wildman–Crippen LogP) is 5.48. The second-order valence-electron chi connectivity index (χ2n) is 8.87. The number of aromatic nitrogens is 1. The third-order valence-corrected chi connectivity index (χ3v) is 6.26. The van der Waals surface area contributed by atoms with E-state index in [4.69, 9.17) is 10.3 Å². The van der Waals surface area contributed by atoms with Crippen LogP contribution in [0.15, 0.2) is 64.1 Å². The van der Waals surface area contributed by atoms with Gasteiger partial charge < -0.3 is 15.2 Å². The Morgan fingerprint density at radius 3 is 2.48 bits per heavy atom. The van der Waals surface area contributed by atoms with Crippen LogP contribution in [-0.2, 0) is 5.41 Å². The van der Waals surface area contributed by atoms with Crippen LogP contribution in [0.5, 0.6) is 0 Å². The molecule has 2 heterocycles. The molecule has 5 nitrogen and oxygen atoms in total. The third kappa shape index (κ3) is 4.48. The van der Waals surface area contributed by atoms with Gasteiger partial charge in [-0.2, -0.15) is 4.99 Å². The summed E-state index contributed by atoms with van der Waals surface area (Å²) in [6.07, 6.45) is 2.24. The fourth-order valence-corrected chi connectivity index (χ4v) is 3.94. The largest absolute Gasteiger partial charge is 0.369 e. The van der Waals surface area contributed by atoms with Gasteiger partial charge in [0, 0.05) is 30.1 Å². The number of hydrogen-bond donors (Lipinski definition) is 1. The van der Waals surface area contributed by atoms with Gasteiger partial charge in [0.2, 0.25) is 0 Å². The maximum atomic E-state index is 14.1. The van der Waals surface area contributed by atoms with E-state index in [-0.39, 0.29) is 5.82 Å². The summed E-state index contributed by atoms with van der Waals surface area (Å²) < 4.78 is 19.6. The molecule has 0 radical (unpaired) electrons. The SMILES string of the molecule is CC1CCN(/C(N)=N\c2cc(C(C)(C)c3ccc(-c4ccccc4F)cc3)no2)CC1. The Kier molecular flexibility index (Phi) is 5.81. The molecule has 0 bridgehead atoms. The first-order valence-electron chi connectivity index (χ1n) is 10.8. The van der Waals surface area contributed by atoms with Crippen LogP contribution in [0.25, 0.3) is 11.1 Å². The number of rotatable bonds is 4. The van der Waals surface area contributed by atoms with Crippen molar-refractivity contribution >= 4 is 11.8 Å². The lowest BCUT2D eigenvalue weighted by atomic mass is 9.81. The Balaban J connectivity index is 1.52. The molecule has 0 unspecified atom stereocenters. The summed E-state index contributed by atoms with van der Waals surface area (Å²) in [6.45, 7) is 8.24. The Bertz CT molecular complexity index is 1060. The number of nitrogens with two attached hydrogens (primary N) is 1. The Morgan fingerprint density at radius 2 is 1.81 bits per heavy atom. The van der Waals surface area contributed by atoms with Gasteiger partial charge in [-0.3, -0.25) is 0 Å². The Labute approximate surface area is 182 Å².